The Hall–Kier alpha value is -2.41. The van der Waals surface area contributed by atoms with E-state index in [0.717, 1.165) is 24.0 Å². The van der Waals surface area contributed by atoms with E-state index in [4.69, 9.17) is 14.2 Å². The van der Waals surface area contributed by atoms with Gasteiger partial charge in [-0.3, -0.25) is 4.79 Å². The molecule has 5 atom stereocenters. The van der Waals surface area contributed by atoms with Crippen molar-refractivity contribution in [3.63, 3.8) is 0 Å². The Labute approximate surface area is 171 Å². The molecule has 1 aliphatic carbocycles. The van der Waals surface area contributed by atoms with E-state index in [1.165, 1.54) is 20.8 Å². The zero-order valence-corrected chi connectivity index (χ0v) is 17.7. The predicted octanol–water partition coefficient (Wildman–Crippen LogP) is 2.78. The molecule has 0 aromatic rings. The highest BCUT2D eigenvalue weighted by Gasteiger charge is 2.47. The lowest BCUT2D eigenvalue weighted by atomic mass is 9.85. The van der Waals surface area contributed by atoms with Crippen LogP contribution in [0.2, 0.25) is 0 Å². The van der Waals surface area contributed by atoms with E-state index < -0.39 is 47.7 Å². The summed E-state index contributed by atoms with van der Waals surface area (Å²) >= 11 is 0. The van der Waals surface area contributed by atoms with Crippen LogP contribution in [-0.4, -0.2) is 46.9 Å². The van der Waals surface area contributed by atoms with Crippen molar-refractivity contribution in [2.45, 2.75) is 77.8 Å². The number of hydrogen-bond acceptors (Lipinski definition) is 7. The number of ether oxygens (including phenoxy) is 3. The number of fused-ring (bicyclic) bond motifs is 1. The van der Waals surface area contributed by atoms with Crippen molar-refractivity contribution < 1.29 is 33.7 Å². The van der Waals surface area contributed by atoms with Crippen LogP contribution in [0, 0.1) is 5.92 Å². The molecule has 0 bridgehead atoms. The summed E-state index contributed by atoms with van der Waals surface area (Å²) in [6.07, 6.45) is 3.51. The standard InChI is InChI=1S/C22H30O7/c1-12-8-7-9-13(2)11-18(19-14(3)20(24)28-17(19)10-12)29-21(25)22(6,26)15(4)27-16(5)23/h9-10,15,17-19,26H,3,7-8,11H2,1-2,4-6H3/b12-10+,13-9+/t15-,17-,18+,19-,22-/m0/s1. The maximum absolute atomic E-state index is 12.8. The van der Waals surface area contributed by atoms with Crippen molar-refractivity contribution in [2.75, 3.05) is 0 Å². The number of esters is 3. The Morgan fingerprint density at radius 2 is 2.00 bits per heavy atom. The SMILES string of the molecule is C=C1C(=O)O[C@H]2/C=C(\C)CC/C=C(\C)C[C@@H](OC(=O)[C@@](C)(O)[C@H](C)OC(C)=O)[C@@H]12. The number of allylic oxidation sites excluding steroid dienone is 2. The van der Waals surface area contributed by atoms with Gasteiger partial charge < -0.3 is 19.3 Å². The summed E-state index contributed by atoms with van der Waals surface area (Å²) < 4.78 is 16.1. The Morgan fingerprint density at radius 1 is 1.34 bits per heavy atom. The Morgan fingerprint density at radius 3 is 2.62 bits per heavy atom. The summed E-state index contributed by atoms with van der Waals surface area (Å²) in [4.78, 5) is 36.2. The van der Waals surface area contributed by atoms with Gasteiger partial charge in [0.2, 0.25) is 0 Å². The van der Waals surface area contributed by atoms with Crippen LogP contribution in [0.3, 0.4) is 0 Å². The van der Waals surface area contributed by atoms with Crippen LogP contribution in [0.15, 0.2) is 35.5 Å². The fourth-order valence-electron chi connectivity index (χ4n) is 3.52. The van der Waals surface area contributed by atoms with Gasteiger partial charge in [0.15, 0.2) is 5.60 Å². The van der Waals surface area contributed by atoms with Crippen molar-refractivity contribution in [1.82, 2.24) is 0 Å². The Balaban J connectivity index is 2.34. The van der Waals surface area contributed by atoms with Gasteiger partial charge in [0.1, 0.15) is 18.3 Å². The maximum atomic E-state index is 12.8. The van der Waals surface area contributed by atoms with E-state index in [9.17, 15) is 19.5 Å². The molecule has 0 aromatic carbocycles. The van der Waals surface area contributed by atoms with Crippen LogP contribution in [0.4, 0.5) is 0 Å². The monoisotopic (exact) mass is 406 g/mol. The van der Waals surface area contributed by atoms with Crippen molar-refractivity contribution in [3.8, 4) is 0 Å². The van der Waals surface area contributed by atoms with Gasteiger partial charge in [0.25, 0.3) is 0 Å². The van der Waals surface area contributed by atoms with Gasteiger partial charge in [-0.1, -0.05) is 23.8 Å². The van der Waals surface area contributed by atoms with Crippen LogP contribution >= 0.6 is 0 Å². The first kappa shape index (κ1) is 22.9. The fourth-order valence-corrected chi connectivity index (χ4v) is 3.52. The summed E-state index contributed by atoms with van der Waals surface area (Å²) in [5.41, 5.74) is 0.243. The van der Waals surface area contributed by atoms with Gasteiger partial charge in [-0.05, 0) is 46.6 Å². The van der Waals surface area contributed by atoms with Crippen LogP contribution in [0.5, 0.6) is 0 Å². The number of hydrogen-bond donors (Lipinski definition) is 1. The summed E-state index contributed by atoms with van der Waals surface area (Å²) in [6, 6.07) is 0. The van der Waals surface area contributed by atoms with Crippen LogP contribution in [0.1, 0.15) is 53.9 Å². The van der Waals surface area contributed by atoms with E-state index in [0.29, 0.717) is 6.42 Å². The molecule has 2 rings (SSSR count). The maximum Gasteiger partial charge on any atom is 0.342 e. The molecule has 1 saturated heterocycles. The predicted molar refractivity (Wildman–Crippen MR) is 106 cm³/mol. The topological polar surface area (TPSA) is 99.1 Å². The number of carbonyl (C=O) groups excluding carboxylic acids is 3. The molecule has 160 valence electrons. The third-order valence-electron chi connectivity index (χ3n) is 5.47. The zero-order valence-electron chi connectivity index (χ0n) is 17.7. The van der Waals surface area contributed by atoms with Crippen molar-refractivity contribution in [1.29, 1.82) is 0 Å². The van der Waals surface area contributed by atoms with E-state index in [2.05, 4.69) is 12.7 Å². The average Bonchev–Trinajstić information content (AvgIpc) is 2.86. The molecule has 29 heavy (non-hydrogen) atoms. The minimum absolute atomic E-state index is 0.234. The molecule has 1 heterocycles. The molecule has 2 aliphatic rings. The first-order chi connectivity index (χ1) is 13.4. The molecule has 0 spiro atoms. The highest BCUT2D eigenvalue weighted by Crippen LogP contribution is 2.36. The lowest BCUT2D eigenvalue weighted by Crippen LogP contribution is -2.50. The first-order valence-electron chi connectivity index (χ1n) is 9.76. The second-order valence-electron chi connectivity index (χ2n) is 8.07. The van der Waals surface area contributed by atoms with Gasteiger partial charge >= 0.3 is 17.9 Å². The molecular formula is C22H30O7. The van der Waals surface area contributed by atoms with E-state index in [-0.39, 0.29) is 5.57 Å². The molecular weight excluding hydrogens is 376 g/mol. The van der Waals surface area contributed by atoms with Crippen LogP contribution in [0.25, 0.3) is 0 Å². The lowest BCUT2D eigenvalue weighted by Gasteiger charge is -2.32. The molecule has 1 N–H and O–H groups in total. The minimum atomic E-state index is -2.05. The molecule has 7 heteroatoms. The number of carbonyl (C=O) groups is 3. The molecule has 0 unspecified atom stereocenters. The van der Waals surface area contributed by atoms with E-state index >= 15 is 0 Å². The molecule has 0 amide bonds. The second kappa shape index (κ2) is 8.95. The Bertz CT molecular complexity index is 759. The summed E-state index contributed by atoms with van der Waals surface area (Å²) in [7, 11) is 0. The lowest BCUT2D eigenvalue weighted by molar-refractivity contribution is -0.188. The highest BCUT2D eigenvalue weighted by molar-refractivity contribution is 5.91. The largest absolute Gasteiger partial charge is 0.459 e. The molecule has 1 fully saturated rings. The normalized spacial score (nSPS) is 31.7. The summed E-state index contributed by atoms with van der Waals surface area (Å²) in [6.45, 7) is 11.6. The highest BCUT2D eigenvalue weighted by atomic mass is 16.6. The van der Waals surface area contributed by atoms with E-state index in [1.54, 1.807) is 0 Å². The third-order valence-corrected chi connectivity index (χ3v) is 5.47. The zero-order chi connectivity index (χ0) is 21.9. The fraction of sp³-hybridized carbons (Fsp3) is 0.591. The molecule has 7 nitrogen and oxygen atoms in total. The summed E-state index contributed by atoms with van der Waals surface area (Å²) in [5.74, 6) is -2.65. The van der Waals surface area contributed by atoms with Gasteiger partial charge in [0, 0.05) is 18.9 Å². The molecule has 1 aliphatic heterocycles. The quantitative estimate of drug-likeness (QED) is 0.332. The average molecular weight is 406 g/mol. The van der Waals surface area contributed by atoms with Gasteiger partial charge in [-0.2, -0.15) is 0 Å². The molecule has 0 aromatic heterocycles. The summed E-state index contributed by atoms with van der Waals surface area (Å²) in [5, 5.41) is 10.6. The number of rotatable bonds is 4. The van der Waals surface area contributed by atoms with Crippen molar-refractivity contribution >= 4 is 17.9 Å². The van der Waals surface area contributed by atoms with Gasteiger partial charge in [-0.25, -0.2) is 9.59 Å². The minimum Gasteiger partial charge on any atom is -0.459 e. The van der Waals surface area contributed by atoms with E-state index in [1.807, 2.05) is 19.9 Å². The van der Waals surface area contributed by atoms with Crippen molar-refractivity contribution in [2.24, 2.45) is 5.92 Å². The smallest absolute Gasteiger partial charge is 0.342 e. The molecule has 0 radical (unpaired) electrons. The van der Waals surface area contributed by atoms with Crippen molar-refractivity contribution in [3.05, 3.63) is 35.5 Å². The van der Waals surface area contributed by atoms with Gasteiger partial charge in [-0.15, -0.1) is 0 Å². The Kier molecular flexibility index (Phi) is 7.06. The van der Waals surface area contributed by atoms with Crippen LogP contribution < -0.4 is 0 Å². The second-order valence-corrected chi connectivity index (χ2v) is 8.07. The van der Waals surface area contributed by atoms with Crippen LogP contribution in [-0.2, 0) is 28.6 Å². The first-order valence-corrected chi connectivity index (χ1v) is 9.76. The number of aliphatic hydroxyl groups is 1. The van der Waals surface area contributed by atoms with Gasteiger partial charge in [0.05, 0.1) is 5.92 Å². The third kappa shape index (κ3) is 5.35. The molecule has 0 saturated carbocycles.